The van der Waals surface area contributed by atoms with E-state index in [4.69, 9.17) is 21.1 Å². The van der Waals surface area contributed by atoms with Crippen LogP contribution in [0.3, 0.4) is 0 Å². The molecule has 1 aliphatic heterocycles. The van der Waals surface area contributed by atoms with Crippen molar-refractivity contribution in [1.29, 1.82) is 0 Å². The number of aryl methyl sites for hydroxylation is 2. The zero-order chi connectivity index (χ0) is 23.6. The van der Waals surface area contributed by atoms with Gasteiger partial charge in [0, 0.05) is 5.56 Å². The zero-order valence-electron chi connectivity index (χ0n) is 18.1. The van der Waals surface area contributed by atoms with Gasteiger partial charge in [-0.1, -0.05) is 35.9 Å². The normalized spacial score (nSPS) is 15.1. The summed E-state index contributed by atoms with van der Waals surface area (Å²) in [5, 5.41) is 2.78. The Labute approximate surface area is 197 Å². The van der Waals surface area contributed by atoms with Crippen LogP contribution in [0.15, 0.2) is 65.6 Å². The van der Waals surface area contributed by atoms with Crippen LogP contribution in [-0.4, -0.2) is 33.6 Å². The smallest absolute Gasteiger partial charge is 0.263 e. The second kappa shape index (κ2) is 9.33. The molecule has 1 unspecified atom stereocenters. The Hall–Kier alpha value is -3.23. The third-order valence-electron chi connectivity index (χ3n) is 5.18. The Morgan fingerprint density at radius 1 is 1.06 bits per heavy atom. The van der Waals surface area contributed by atoms with Crippen molar-refractivity contribution < 1.29 is 22.7 Å². The molecule has 2 N–H and O–H groups in total. The summed E-state index contributed by atoms with van der Waals surface area (Å²) in [7, 11) is -4.01. The highest BCUT2D eigenvalue weighted by atomic mass is 35.5. The molecule has 0 radical (unpaired) electrons. The maximum absolute atomic E-state index is 13.0. The molecule has 33 heavy (non-hydrogen) atoms. The lowest BCUT2D eigenvalue weighted by Crippen LogP contribution is -2.40. The van der Waals surface area contributed by atoms with Crippen molar-refractivity contribution in [3.05, 3.63) is 82.4 Å². The molecule has 9 heteroatoms. The van der Waals surface area contributed by atoms with E-state index in [2.05, 4.69) is 10.0 Å². The van der Waals surface area contributed by atoms with Crippen LogP contribution in [0.2, 0.25) is 5.02 Å². The maximum atomic E-state index is 13.0. The van der Waals surface area contributed by atoms with E-state index < -0.39 is 15.9 Å². The number of rotatable bonds is 6. The van der Waals surface area contributed by atoms with Gasteiger partial charge in [-0.15, -0.1) is 0 Å². The van der Waals surface area contributed by atoms with Crippen molar-refractivity contribution in [2.24, 2.45) is 0 Å². The van der Waals surface area contributed by atoms with Crippen LogP contribution < -0.4 is 19.5 Å². The lowest BCUT2D eigenvalue weighted by Gasteiger charge is -2.26. The highest BCUT2D eigenvalue weighted by Gasteiger charge is 2.23. The fourth-order valence-electron chi connectivity index (χ4n) is 3.37. The number of halogens is 1. The molecule has 0 spiro atoms. The van der Waals surface area contributed by atoms with Gasteiger partial charge >= 0.3 is 0 Å². The van der Waals surface area contributed by atoms with E-state index in [1.54, 1.807) is 19.1 Å². The predicted octanol–water partition coefficient (Wildman–Crippen LogP) is 4.33. The molecule has 3 aromatic carbocycles. The van der Waals surface area contributed by atoms with Crippen LogP contribution in [0.1, 0.15) is 21.5 Å². The second-order valence-electron chi connectivity index (χ2n) is 7.78. The molecule has 172 valence electrons. The molecule has 1 heterocycles. The molecular formula is C24H23ClN2O5S. The number of anilines is 1. The van der Waals surface area contributed by atoms with Crippen LogP contribution in [-0.2, 0) is 10.0 Å². The zero-order valence-corrected chi connectivity index (χ0v) is 19.7. The first-order valence-electron chi connectivity index (χ1n) is 10.3. The highest BCUT2D eigenvalue weighted by Crippen LogP contribution is 2.31. The second-order valence-corrected chi connectivity index (χ2v) is 9.83. The Morgan fingerprint density at radius 2 is 1.82 bits per heavy atom. The highest BCUT2D eigenvalue weighted by molar-refractivity contribution is 7.92. The number of para-hydroxylation sites is 2. The van der Waals surface area contributed by atoms with E-state index in [-0.39, 0.29) is 34.7 Å². The summed E-state index contributed by atoms with van der Waals surface area (Å²) in [4.78, 5) is 12.5. The number of ether oxygens (including phenoxy) is 2. The third-order valence-corrected chi connectivity index (χ3v) is 7.03. The first kappa shape index (κ1) is 22.9. The third kappa shape index (κ3) is 5.23. The molecule has 0 saturated heterocycles. The van der Waals surface area contributed by atoms with Gasteiger partial charge < -0.3 is 14.8 Å². The number of nitrogens with one attached hydrogen (secondary N) is 2. The van der Waals surface area contributed by atoms with Gasteiger partial charge in [-0.2, -0.15) is 0 Å². The number of sulfonamides is 1. The standard InChI is InChI=1S/C24H23ClN2O5S/c1-15-7-8-16(2)20(11-15)27-33(29,30)23-12-17(9-10-19(23)25)24(28)26-13-18-14-31-21-5-3-4-6-22(21)32-18/h3-12,18,27H,13-14H2,1-2H3,(H,26,28). The van der Waals surface area contributed by atoms with Crippen LogP contribution in [0.25, 0.3) is 0 Å². The Morgan fingerprint density at radius 3 is 2.61 bits per heavy atom. The van der Waals surface area contributed by atoms with Gasteiger partial charge in [-0.05, 0) is 61.4 Å². The number of hydrogen-bond acceptors (Lipinski definition) is 5. The molecule has 0 aliphatic carbocycles. The molecule has 1 aliphatic rings. The van der Waals surface area contributed by atoms with Crippen molar-refractivity contribution in [1.82, 2.24) is 5.32 Å². The van der Waals surface area contributed by atoms with Crippen molar-refractivity contribution in [3.8, 4) is 11.5 Å². The number of carbonyl (C=O) groups excluding carboxylic acids is 1. The minimum atomic E-state index is -4.01. The van der Waals surface area contributed by atoms with E-state index in [1.165, 1.54) is 18.2 Å². The number of carbonyl (C=O) groups is 1. The summed E-state index contributed by atoms with van der Waals surface area (Å²) >= 11 is 6.18. The molecule has 7 nitrogen and oxygen atoms in total. The van der Waals surface area contributed by atoms with E-state index in [0.29, 0.717) is 17.2 Å². The summed E-state index contributed by atoms with van der Waals surface area (Å²) in [5.74, 6) is 0.821. The van der Waals surface area contributed by atoms with E-state index in [0.717, 1.165) is 11.1 Å². The number of amides is 1. The summed E-state index contributed by atoms with van der Waals surface area (Å²) < 4.78 is 40.1. The Kier molecular flexibility index (Phi) is 6.49. The molecule has 1 amide bonds. The molecule has 4 rings (SSSR count). The van der Waals surface area contributed by atoms with Crippen molar-refractivity contribution >= 4 is 33.2 Å². The number of fused-ring (bicyclic) bond motifs is 1. The Balaban J connectivity index is 1.47. The van der Waals surface area contributed by atoms with Crippen LogP contribution in [0.4, 0.5) is 5.69 Å². The molecule has 0 fully saturated rings. The first-order valence-corrected chi connectivity index (χ1v) is 12.2. The van der Waals surface area contributed by atoms with Crippen LogP contribution >= 0.6 is 11.6 Å². The van der Waals surface area contributed by atoms with Crippen LogP contribution in [0.5, 0.6) is 11.5 Å². The van der Waals surface area contributed by atoms with Gasteiger partial charge in [0.05, 0.1) is 17.3 Å². The average Bonchev–Trinajstić information content (AvgIpc) is 2.79. The van der Waals surface area contributed by atoms with Crippen LogP contribution in [0, 0.1) is 13.8 Å². The van der Waals surface area contributed by atoms with Crippen molar-refractivity contribution in [2.75, 3.05) is 17.9 Å². The molecule has 3 aromatic rings. The molecule has 0 bridgehead atoms. The van der Waals surface area contributed by atoms with E-state index in [9.17, 15) is 13.2 Å². The fraction of sp³-hybridized carbons (Fsp3) is 0.208. The summed E-state index contributed by atoms with van der Waals surface area (Å²) in [6.45, 7) is 4.16. The monoisotopic (exact) mass is 486 g/mol. The van der Waals surface area contributed by atoms with Gasteiger partial charge in [0.15, 0.2) is 11.5 Å². The molecule has 0 aromatic heterocycles. The molecule has 0 saturated carbocycles. The molecular weight excluding hydrogens is 464 g/mol. The minimum absolute atomic E-state index is 0.0185. The SMILES string of the molecule is Cc1ccc(C)c(NS(=O)(=O)c2cc(C(=O)NCC3COc4ccccc4O3)ccc2Cl)c1. The molecule has 1 atom stereocenters. The number of hydrogen-bond donors (Lipinski definition) is 2. The van der Waals surface area contributed by atoms with Gasteiger partial charge in [0.25, 0.3) is 15.9 Å². The van der Waals surface area contributed by atoms with Crippen molar-refractivity contribution in [3.63, 3.8) is 0 Å². The summed E-state index contributed by atoms with van der Waals surface area (Å²) in [5.41, 5.74) is 2.30. The number of benzene rings is 3. The largest absolute Gasteiger partial charge is 0.486 e. The van der Waals surface area contributed by atoms with Gasteiger partial charge in [0.1, 0.15) is 17.6 Å². The van der Waals surface area contributed by atoms with Gasteiger partial charge in [-0.3, -0.25) is 9.52 Å². The lowest BCUT2D eigenvalue weighted by molar-refractivity contribution is 0.0789. The first-order chi connectivity index (χ1) is 15.7. The summed E-state index contributed by atoms with van der Waals surface area (Å²) in [6, 6.07) is 16.9. The topological polar surface area (TPSA) is 93.7 Å². The predicted molar refractivity (Wildman–Crippen MR) is 127 cm³/mol. The van der Waals surface area contributed by atoms with E-state index >= 15 is 0 Å². The lowest BCUT2D eigenvalue weighted by atomic mass is 10.1. The maximum Gasteiger partial charge on any atom is 0.263 e. The fourth-order valence-corrected chi connectivity index (χ4v) is 5.02. The average molecular weight is 487 g/mol. The van der Waals surface area contributed by atoms with Gasteiger partial charge in [-0.25, -0.2) is 8.42 Å². The Bertz CT molecular complexity index is 1310. The minimum Gasteiger partial charge on any atom is -0.486 e. The van der Waals surface area contributed by atoms with E-state index in [1.807, 2.05) is 37.3 Å². The van der Waals surface area contributed by atoms with Crippen molar-refractivity contribution in [2.45, 2.75) is 24.8 Å². The quantitative estimate of drug-likeness (QED) is 0.541. The summed E-state index contributed by atoms with van der Waals surface area (Å²) in [6.07, 6.45) is -0.370. The van der Waals surface area contributed by atoms with Gasteiger partial charge in [0.2, 0.25) is 0 Å².